The maximum Gasteiger partial charge on any atom is 0.317 e. The number of piperidine rings is 1. The van der Waals surface area contributed by atoms with Crippen LogP contribution in [-0.2, 0) is 4.79 Å². The van der Waals surface area contributed by atoms with Gasteiger partial charge in [-0.15, -0.1) is 12.4 Å². The average molecular weight is 413 g/mol. The second kappa shape index (κ2) is 9.45. The van der Waals surface area contributed by atoms with Gasteiger partial charge in [-0.05, 0) is 45.4 Å². The van der Waals surface area contributed by atoms with E-state index >= 15 is 0 Å². The van der Waals surface area contributed by atoms with Crippen molar-refractivity contribution in [1.29, 1.82) is 0 Å². The maximum absolute atomic E-state index is 13.8. The summed E-state index contributed by atoms with van der Waals surface area (Å²) in [6.45, 7) is 5.42. The van der Waals surface area contributed by atoms with Crippen LogP contribution in [0.5, 0.6) is 0 Å². The first-order chi connectivity index (χ1) is 12.8. The molecule has 1 fully saturated rings. The summed E-state index contributed by atoms with van der Waals surface area (Å²) in [4.78, 5) is 19.4. The van der Waals surface area contributed by atoms with Crippen LogP contribution in [0.15, 0.2) is 22.7 Å². The lowest BCUT2D eigenvalue weighted by atomic mass is 10.0. The molecule has 0 saturated carbocycles. The van der Waals surface area contributed by atoms with Gasteiger partial charge in [0.15, 0.2) is 0 Å². The standard InChI is InChI=1S/C19H25FN4O3.ClH/c1-12-4-5-14(10-16(12)20)18-21-19(27-22-18)13(2)24-8-6-15(7-9-24)23(3)11-17(25)26;/h4-5,10,13,15H,6-9,11H2,1-3H3,(H,25,26);1H. The highest BCUT2D eigenvalue weighted by atomic mass is 35.5. The molecule has 1 atom stereocenters. The molecule has 2 aromatic rings. The average Bonchev–Trinajstić information content (AvgIpc) is 3.13. The molecule has 1 N–H and O–H groups in total. The quantitative estimate of drug-likeness (QED) is 0.780. The van der Waals surface area contributed by atoms with Crippen molar-refractivity contribution in [3.05, 3.63) is 35.5 Å². The number of carboxylic acids is 1. The molecule has 3 rings (SSSR count). The van der Waals surface area contributed by atoms with Crippen LogP contribution in [0, 0.1) is 12.7 Å². The van der Waals surface area contributed by atoms with E-state index in [0.29, 0.717) is 22.8 Å². The van der Waals surface area contributed by atoms with E-state index in [-0.39, 0.29) is 36.9 Å². The molecule has 1 saturated heterocycles. The summed E-state index contributed by atoms with van der Waals surface area (Å²) >= 11 is 0. The van der Waals surface area contributed by atoms with Crippen molar-refractivity contribution in [3.63, 3.8) is 0 Å². The van der Waals surface area contributed by atoms with Crippen LogP contribution in [0.3, 0.4) is 0 Å². The summed E-state index contributed by atoms with van der Waals surface area (Å²) in [5.41, 5.74) is 1.17. The SMILES string of the molecule is Cc1ccc(-c2noc(C(C)N3CCC(N(C)CC(=O)O)CC3)n2)cc1F.Cl. The molecule has 0 aliphatic carbocycles. The molecular formula is C19H26ClFN4O3. The van der Waals surface area contributed by atoms with Crippen LogP contribution >= 0.6 is 12.4 Å². The van der Waals surface area contributed by atoms with Crippen LogP contribution in [0.1, 0.15) is 37.3 Å². The topological polar surface area (TPSA) is 82.7 Å². The van der Waals surface area contributed by atoms with E-state index in [2.05, 4.69) is 15.0 Å². The zero-order chi connectivity index (χ0) is 19.6. The number of nitrogens with zero attached hydrogens (tertiary/aromatic N) is 4. The van der Waals surface area contributed by atoms with E-state index in [1.54, 1.807) is 19.1 Å². The third kappa shape index (κ3) is 5.06. The minimum absolute atomic E-state index is 0. The Balaban J connectivity index is 0.00000280. The van der Waals surface area contributed by atoms with Crippen molar-refractivity contribution in [3.8, 4) is 11.4 Å². The minimum atomic E-state index is -0.806. The molecule has 1 aliphatic heterocycles. The Kier molecular flexibility index (Phi) is 7.51. The Labute approximate surface area is 169 Å². The number of aryl methyl sites for hydroxylation is 1. The molecule has 1 aromatic carbocycles. The molecule has 1 unspecified atom stereocenters. The number of rotatable bonds is 6. The summed E-state index contributed by atoms with van der Waals surface area (Å²) in [6.07, 6.45) is 1.77. The van der Waals surface area contributed by atoms with E-state index in [1.165, 1.54) is 6.07 Å². The van der Waals surface area contributed by atoms with Gasteiger partial charge in [0, 0.05) is 24.7 Å². The van der Waals surface area contributed by atoms with Gasteiger partial charge in [-0.25, -0.2) is 4.39 Å². The van der Waals surface area contributed by atoms with Crippen molar-refractivity contribution in [2.24, 2.45) is 0 Å². The fraction of sp³-hybridized carbons (Fsp3) is 0.526. The van der Waals surface area contributed by atoms with E-state index in [9.17, 15) is 9.18 Å². The molecule has 0 radical (unpaired) electrons. The predicted octanol–water partition coefficient (Wildman–Crippen LogP) is 3.15. The number of benzene rings is 1. The van der Waals surface area contributed by atoms with Gasteiger partial charge >= 0.3 is 5.97 Å². The van der Waals surface area contributed by atoms with Crippen molar-refractivity contribution >= 4 is 18.4 Å². The molecule has 2 heterocycles. The summed E-state index contributed by atoms with van der Waals surface area (Å²) in [7, 11) is 1.85. The lowest BCUT2D eigenvalue weighted by Gasteiger charge is -2.37. The Bertz CT molecular complexity index is 808. The lowest BCUT2D eigenvalue weighted by Crippen LogP contribution is -2.45. The molecule has 28 heavy (non-hydrogen) atoms. The molecule has 0 amide bonds. The molecule has 7 nitrogen and oxygen atoms in total. The van der Waals surface area contributed by atoms with Crippen LogP contribution in [-0.4, -0.2) is 63.7 Å². The monoisotopic (exact) mass is 412 g/mol. The first-order valence-electron chi connectivity index (χ1n) is 9.11. The first-order valence-corrected chi connectivity index (χ1v) is 9.11. The van der Waals surface area contributed by atoms with Gasteiger partial charge in [-0.1, -0.05) is 17.3 Å². The second-order valence-corrected chi connectivity index (χ2v) is 7.17. The van der Waals surface area contributed by atoms with Gasteiger partial charge < -0.3 is 9.63 Å². The third-order valence-electron chi connectivity index (χ3n) is 5.28. The molecule has 9 heteroatoms. The van der Waals surface area contributed by atoms with E-state index in [0.717, 1.165) is 25.9 Å². The van der Waals surface area contributed by atoms with Crippen molar-refractivity contribution < 1.29 is 18.8 Å². The fourth-order valence-corrected chi connectivity index (χ4v) is 3.47. The lowest BCUT2D eigenvalue weighted by molar-refractivity contribution is -0.138. The van der Waals surface area contributed by atoms with Gasteiger partial charge in [0.05, 0.1) is 12.6 Å². The molecule has 1 aliphatic rings. The summed E-state index contributed by atoms with van der Waals surface area (Å²) in [5.74, 6) is -0.214. The minimum Gasteiger partial charge on any atom is -0.480 e. The summed E-state index contributed by atoms with van der Waals surface area (Å²) < 4.78 is 19.2. The number of likely N-dealkylation sites (tertiary alicyclic amines) is 1. The van der Waals surface area contributed by atoms with Crippen molar-refractivity contribution in [2.75, 3.05) is 26.7 Å². The highest BCUT2D eigenvalue weighted by Crippen LogP contribution is 2.27. The van der Waals surface area contributed by atoms with Crippen LogP contribution in [0.4, 0.5) is 4.39 Å². The highest BCUT2D eigenvalue weighted by molar-refractivity contribution is 5.85. The smallest absolute Gasteiger partial charge is 0.317 e. The highest BCUT2D eigenvalue weighted by Gasteiger charge is 2.29. The Morgan fingerprint density at radius 2 is 2.11 bits per heavy atom. The fourth-order valence-electron chi connectivity index (χ4n) is 3.47. The largest absolute Gasteiger partial charge is 0.480 e. The second-order valence-electron chi connectivity index (χ2n) is 7.17. The summed E-state index contributed by atoms with van der Waals surface area (Å²) in [5, 5.41) is 12.9. The normalized spacial score (nSPS) is 16.8. The summed E-state index contributed by atoms with van der Waals surface area (Å²) in [6, 6.07) is 5.10. The Morgan fingerprint density at radius 3 is 2.71 bits per heavy atom. The van der Waals surface area contributed by atoms with E-state index < -0.39 is 5.97 Å². The zero-order valence-corrected chi connectivity index (χ0v) is 17.1. The van der Waals surface area contributed by atoms with E-state index in [4.69, 9.17) is 9.63 Å². The van der Waals surface area contributed by atoms with Crippen molar-refractivity contribution in [2.45, 2.75) is 38.8 Å². The van der Waals surface area contributed by atoms with Gasteiger partial charge in [0.25, 0.3) is 0 Å². The predicted molar refractivity (Wildman–Crippen MR) is 105 cm³/mol. The van der Waals surface area contributed by atoms with Gasteiger partial charge in [-0.3, -0.25) is 14.6 Å². The molecule has 154 valence electrons. The number of likely N-dealkylation sites (N-methyl/N-ethyl adjacent to an activating group) is 1. The zero-order valence-electron chi connectivity index (χ0n) is 16.3. The number of hydrogen-bond donors (Lipinski definition) is 1. The first kappa shape index (κ1) is 22.3. The van der Waals surface area contributed by atoms with Crippen LogP contribution in [0.25, 0.3) is 11.4 Å². The number of hydrogen-bond acceptors (Lipinski definition) is 6. The Morgan fingerprint density at radius 1 is 1.43 bits per heavy atom. The van der Waals surface area contributed by atoms with Crippen LogP contribution in [0.2, 0.25) is 0 Å². The number of aliphatic carboxylic acids is 1. The maximum atomic E-state index is 13.8. The Hall–Kier alpha value is -2.03. The number of carboxylic acid groups (broad SMARTS) is 1. The van der Waals surface area contributed by atoms with Crippen molar-refractivity contribution in [1.82, 2.24) is 19.9 Å². The number of aromatic nitrogens is 2. The molecule has 0 bridgehead atoms. The third-order valence-corrected chi connectivity index (χ3v) is 5.28. The number of carbonyl (C=O) groups is 1. The molecular weight excluding hydrogens is 387 g/mol. The molecule has 1 aromatic heterocycles. The number of halogens is 2. The van der Waals surface area contributed by atoms with Gasteiger partial charge in [0.2, 0.25) is 11.7 Å². The van der Waals surface area contributed by atoms with Gasteiger partial charge in [0.1, 0.15) is 5.82 Å². The van der Waals surface area contributed by atoms with Gasteiger partial charge in [-0.2, -0.15) is 4.98 Å². The van der Waals surface area contributed by atoms with Crippen LogP contribution < -0.4 is 0 Å². The van der Waals surface area contributed by atoms with E-state index in [1.807, 2.05) is 18.9 Å². The molecule has 0 spiro atoms.